The Morgan fingerprint density at radius 1 is 1.29 bits per heavy atom. The van der Waals surface area contributed by atoms with E-state index in [9.17, 15) is 4.79 Å². The number of amides is 1. The summed E-state index contributed by atoms with van der Waals surface area (Å²) in [6, 6.07) is 10.00. The van der Waals surface area contributed by atoms with E-state index in [1.165, 1.54) is 0 Å². The summed E-state index contributed by atoms with van der Waals surface area (Å²) in [4.78, 5) is 14.2. The van der Waals surface area contributed by atoms with Gasteiger partial charge in [0, 0.05) is 33.2 Å². The van der Waals surface area contributed by atoms with Crippen molar-refractivity contribution in [3.63, 3.8) is 0 Å². The van der Waals surface area contributed by atoms with Crippen molar-refractivity contribution < 1.29 is 14.3 Å². The summed E-state index contributed by atoms with van der Waals surface area (Å²) in [7, 11) is 1.58. The lowest BCUT2D eigenvalue weighted by Crippen LogP contribution is -2.32. The third kappa shape index (κ3) is 7.63. The Morgan fingerprint density at radius 2 is 2.00 bits per heavy atom. The molecule has 4 heteroatoms. The van der Waals surface area contributed by atoms with Crippen molar-refractivity contribution in [3.8, 4) is 0 Å². The molecule has 0 unspecified atom stereocenters. The van der Waals surface area contributed by atoms with E-state index in [2.05, 4.69) is 6.58 Å². The molecule has 0 heterocycles. The van der Waals surface area contributed by atoms with Crippen LogP contribution in [0.5, 0.6) is 0 Å². The number of methoxy groups -OCH3 is 1. The Morgan fingerprint density at radius 3 is 2.62 bits per heavy atom. The van der Waals surface area contributed by atoms with Gasteiger partial charge in [-0.1, -0.05) is 42.5 Å². The molecule has 0 saturated carbocycles. The van der Waals surface area contributed by atoms with E-state index in [4.69, 9.17) is 9.47 Å². The van der Waals surface area contributed by atoms with Gasteiger partial charge in [-0.25, -0.2) is 0 Å². The zero-order valence-corrected chi connectivity index (χ0v) is 13.0. The Bertz CT molecular complexity index is 431. The molecule has 1 rings (SSSR count). The van der Waals surface area contributed by atoms with Gasteiger partial charge in [0.1, 0.15) is 6.79 Å². The first-order valence-corrected chi connectivity index (χ1v) is 7.16. The molecule has 0 aliphatic heterocycles. The van der Waals surface area contributed by atoms with Crippen molar-refractivity contribution in [1.82, 2.24) is 4.90 Å². The number of nitrogens with zero attached hydrogens (tertiary/aromatic N) is 1. The number of carbonyl (C=O) groups is 1. The second kappa shape index (κ2) is 10.1. The number of hydrogen-bond donors (Lipinski definition) is 0. The van der Waals surface area contributed by atoms with E-state index in [1.807, 2.05) is 42.2 Å². The fourth-order valence-electron chi connectivity index (χ4n) is 1.99. The van der Waals surface area contributed by atoms with E-state index in [-0.39, 0.29) is 12.7 Å². The third-order valence-corrected chi connectivity index (χ3v) is 2.91. The van der Waals surface area contributed by atoms with Crippen LogP contribution < -0.4 is 0 Å². The second-order valence-corrected chi connectivity index (χ2v) is 5.11. The molecule has 0 aromatic heterocycles. The van der Waals surface area contributed by atoms with Crippen LogP contribution in [0, 0.1) is 0 Å². The first-order valence-electron chi connectivity index (χ1n) is 7.16. The van der Waals surface area contributed by atoms with Crippen LogP contribution >= 0.6 is 0 Å². The monoisotopic (exact) mass is 291 g/mol. The molecule has 4 nitrogen and oxygen atoms in total. The van der Waals surface area contributed by atoms with Crippen molar-refractivity contribution >= 4 is 5.91 Å². The molecule has 0 bridgehead atoms. The molecule has 0 aliphatic rings. The van der Waals surface area contributed by atoms with Gasteiger partial charge < -0.3 is 14.4 Å². The molecule has 0 spiro atoms. The maximum atomic E-state index is 12.3. The van der Waals surface area contributed by atoms with Crippen LogP contribution in [0.2, 0.25) is 0 Å². The molecule has 0 fully saturated rings. The maximum Gasteiger partial charge on any atom is 0.223 e. The maximum absolute atomic E-state index is 12.3. The van der Waals surface area contributed by atoms with Crippen LogP contribution in [0.15, 0.2) is 42.5 Å². The van der Waals surface area contributed by atoms with Gasteiger partial charge in [-0.3, -0.25) is 4.79 Å². The van der Waals surface area contributed by atoms with Crippen molar-refractivity contribution in [2.24, 2.45) is 0 Å². The SMILES string of the molecule is C=C(C)CN(Cc1ccccc1)C(=O)CCCOCOC. The molecule has 21 heavy (non-hydrogen) atoms. The number of rotatable bonds is 10. The zero-order valence-electron chi connectivity index (χ0n) is 13.0. The highest BCUT2D eigenvalue weighted by molar-refractivity contribution is 5.76. The van der Waals surface area contributed by atoms with Crippen LogP contribution in [0.25, 0.3) is 0 Å². The average Bonchev–Trinajstić information content (AvgIpc) is 2.47. The van der Waals surface area contributed by atoms with Gasteiger partial charge in [-0.15, -0.1) is 0 Å². The van der Waals surface area contributed by atoms with E-state index in [1.54, 1.807) is 7.11 Å². The van der Waals surface area contributed by atoms with E-state index >= 15 is 0 Å². The third-order valence-electron chi connectivity index (χ3n) is 2.91. The first kappa shape index (κ1) is 17.4. The van der Waals surface area contributed by atoms with Gasteiger partial charge in [0.25, 0.3) is 0 Å². The Kier molecular flexibility index (Phi) is 8.40. The lowest BCUT2D eigenvalue weighted by molar-refractivity contribution is -0.132. The molecule has 1 amide bonds. The largest absolute Gasteiger partial charge is 0.359 e. The number of benzene rings is 1. The van der Waals surface area contributed by atoms with Gasteiger partial charge in [0.05, 0.1) is 0 Å². The number of hydrogen-bond acceptors (Lipinski definition) is 3. The summed E-state index contributed by atoms with van der Waals surface area (Å²) in [5.41, 5.74) is 2.11. The molecule has 0 N–H and O–H groups in total. The second-order valence-electron chi connectivity index (χ2n) is 5.11. The van der Waals surface area contributed by atoms with E-state index in [0.29, 0.717) is 32.5 Å². The van der Waals surface area contributed by atoms with E-state index < -0.39 is 0 Å². The minimum Gasteiger partial charge on any atom is -0.359 e. The van der Waals surface area contributed by atoms with Crippen molar-refractivity contribution in [2.45, 2.75) is 26.3 Å². The molecule has 1 aromatic rings. The van der Waals surface area contributed by atoms with Crippen molar-refractivity contribution in [3.05, 3.63) is 48.0 Å². The lowest BCUT2D eigenvalue weighted by Gasteiger charge is -2.23. The fraction of sp³-hybridized carbons (Fsp3) is 0.471. The van der Waals surface area contributed by atoms with E-state index in [0.717, 1.165) is 11.1 Å². The van der Waals surface area contributed by atoms with Crippen molar-refractivity contribution in [1.29, 1.82) is 0 Å². The van der Waals surface area contributed by atoms with Gasteiger partial charge in [-0.2, -0.15) is 0 Å². The van der Waals surface area contributed by atoms with Crippen LogP contribution in [0.4, 0.5) is 0 Å². The number of carbonyl (C=O) groups excluding carboxylic acids is 1. The minimum atomic E-state index is 0.128. The zero-order chi connectivity index (χ0) is 15.5. The van der Waals surface area contributed by atoms with Crippen LogP contribution in [-0.2, 0) is 20.8 Å². The molecule has 1 aromatic carbocycles. The topological polar surface area (TPSA) is 38.8 Å². The first-order chi connectivity index (χ1) is 10.1. The quantitative estimate of drug-likeness (QED) is 0.378. The molecular weight excluding hydrogens is 266 g/mol. The average molecular weight is 291 g/mol. The summed E-state index contributed by atoms with van der Waals surface area (Å²) < 4.78 is 10.0. The standard InChI is InChI=1S/C17H25NO3/c1-15(2)12-18(13-16-8-5-4-6-9-16)17(19)10-7-11-21-14-20-3/h4-6,8-9H,1,7,10-14H2,2-3H3. The van der Waals surface area contributed by atoms with Crippen molar-refractivity contribution in [2.75, 3.05) is 27.1 Å². The Hall–Kier alpha value is -1.65. The predicted molar refractivity (Wildman–Crippen MR) is 83.7 cm³/mol. The molecule has 0 saturated heterocycles. The molecule has 0 aliphatic carbocycles. The van der Waals surface area contributed by atoms with Gasteiger partial charge >= 0.3 is 0 Å². The van der Waals surface area contributed by atoms with Crippen LogP contribution in [0.3, 0.4) is 0 Å². The summed E-state index contributed by atoms with van der Waals surface area (Å²) in [5, 5.41) is 0. The Balaban J connectivity index is 2.48. The van der Waals surface area contributed by atoms with Crippen LogP contribution in [0.1, 0.15) is 25.3 Å². The fourth-order valence-corrected chi connectivity index (χ4v) is 1.99. The number of ether oxygens (including phenoxy) is 2. The van der Waals surface area contributed by atoms with Crippen LogP contribution in [-0.4, -0.2) is 37.9 Å². The summed E-state index contributed by atoms with van der Waals surface area (Å²) in [5.74, 6) is 0.128. The molecule has 116 valence electrons. The molecule has 0 atom stereocenters. The minimum absolute atomic E-state index is 0.128. The normalized spacial score (nSPS) is 10.4. The smallest absolute Gasteiger partial charge is 0.223 e. The predicted octanol–water partition coefficient (Wildman–Crippen LogP) is 2.99. The Labute approximate surface area is 127 Å². The highest BCUT2D eigenvalue weighted by atomic mass is 16.7. The summed E-state index contributed by atoms with van der Waals surface area (Å²) in [6.45, 7) is 7.85. The van der Waals surface area contributed by atoms with Gasteiger partial charge in [0.15, 0.2) is 0 Å². The van der Waals surface area contributed by atoms with Gasteiger partial charge in [-0.05, 0) is 18.9 Å². The van der Waals surface area contributed by atoms with Gasteiger partial charge in [0.2, 0.25) is 5.91 Å². The lowest BCUT2D eigenvalue weighted by atomic mass is 10.2. The highest BCUT2D eigenvalue weighted by Gasteiger charge is 2.13. The summed E-state index contributed by atoms with van der Waals surface area (Å²) >= 11 is 0. The summed E-state index contributed by atoms with van der Waals surface area (Å²) in [6.07, 6.45) is 1.17. The molecule has 0 radical (unpaired) electrons. The highest BCUT2D eigenvalue weighted by Crippen LogP contribution is 2.09. The molecular formula is C17H25NO3.